The SMILES string of the molecule is CCc1nnc(NC(=O)N(C)[C@H](C)CSC)s1. The molecule has 0 aliphatic heterocycles. The van der Waals surface area contributed by atoms with Crippen molar-refractivity contribution in [3.8, 4) is 0 Å². The Kier molecular flexibility index (Phi) is 5.70. The summed E-state index contributed by atoms with van der Waals surface area (Å²) in [7, 11) is 1.79. The molecule has 96 valence electrons. The van der Waals surface area contributed by atoms with Crippen molar-refractivity contribution in [3.05, 3.63) is 5.01 Å². The normalized spacial score (nSPS) is 12.2. The molecule has 2 amide bonds. The van der Waals surface area contributed by atoms with Crippen LogP contribution in [0.15, 0.2) is 0 Å². The summed E-state index contributed by atoms with van der Waals surface area (Å²) in [4.78, 5) is 13.6. The highest BCUT2D eigenvalue weighted by atomic mass is 32.2. The summed E-state index contributed by atoms with van der Waals surface area (Å²) in [6.45, 7) is 4.03. The average Bonchev–Trinajstić information content (AvgIpc) is 2.76. The Hall–Kier alpha value is -0.820. The van der Waals surface area contributed by atoms with Crippen LogP contribution in [-0.2, 0) is 6.42 Å². The monoisotopic (exact) mass is 274 g/mol. The number of aryl methyl sites for hydroxylation is 1. The number of hydrogen-bond donors (Lipinski definition) is 1. The maximum Gasteiger partial charge on any atom is 0.323 e. The quantitative estimate of drug-likeness (QED) is 0.895. The first-order chi connectivity index (χ1) is 8.08. The number of aromatic nitrogens is 2. The largest absolute Gasteiger partial charge is 0.324 e. The molecule has 0 unspecified atom stereocenters. The highest BCUT2D eigenvalue weighted by Crippen LogP contribution is 2.16. The highest BCUT2D eigenvalue weighted by Gasteiger charge is 2.16. The van der Waals surface area contributed by atoms with E-state index in [1.807, 2.05) is 20.1 Å². The number of nitrogens with zero attached hydrogens (tertiary/aromatic N) is 3. The van der Waals surface area contributed by atoms with Gasteiger partial charge in [-0.1, -0.05) is 18.3 Å². The zero-order valence-electron chi connectivity index (χ0n) is 10.6. The van der Waals surface area contributed by atoms with Crippen molar-refractivity contribution in [2.45, 2.75) is 26.3 Å². The van der Waals surface area contributed by atoms with Crippen molar-refractivity contribution in [2.75, 3.05) is 24.4 Å². The molecule has 17 heavy (non-hydrogen) atoms. The van der Waals surface area contributed by atoms with Crippen molar-refractivity contribution in [3.63, 3.8) is 0 Å². The van der Waals surface area contributed by atoms with Gasteiger partial charge >= 0.3 is 6.03 Å². The van der Waals surface area contributed by atoms with Gasteiger partial charge in [-0.15, -0.1) is 10.2 Å². The number of thioether (sulfide) groups is 1. The molecule has 0 saturated carbocycles. The predicted octanol–water partition coefficient (Wildman–Crippen LogP) is 2.32. The fourth-order valence-corrected chi connectivity index (χ4v) is 2.55. The lowest BCUT2D eigenvalue weighted by atomic mass is 10.3. The van der Waals surface area contributed by atoms with Crippen LogP contribution in [0.5, 0.6) is 0 Å². The van der Waals surface area contributed by atoms with Crippen LogP contribution in [0.25, 0.3) is 0 Å². The molecule has 1 rings (SSSR count). The summed E-state index contributed by atoms with van der Waals surface area (Å²) in [5.74, 6) is 0.917. The van der Waals surface area contributed by atoms with E-state index in [9.17, 15) is 4.79 Å². The lowest BCUT2D eigenvalue weighted by molar-refractivity contribution is 0.212. The smallest absolute Gasteiger partial charge is 0.323 e. The van der Waals surface area contributed by atoms with Crippen LogP contribution in [0, 0.1) is 0 Å². The van der Waals surface area contributed by atoms with Crippen LogP contribution in [0.4, 0.5) is 9.93 Å². The molecule has 1 aromatic rings. The fraction of sp³-hybridized carbons (Fsp3) is 0.700. The van der Waals surface area contributed by atoms with Crippen molar-refractivity contribution >= 4 is 34.3 Å². The summed E-state index contributed by atoms with van der Waals surface area (Å²) >= 11 is 3.14. The maximum atomic E-state index is 11.9. The first-order valence-corrected chi connectivity index (χ1v) is 7.64. The second kappa shape index (κ2) is 6.80. The minimum Gasteiger partial charge on any atom is -0.324 e. The Balaban J connectivity index is 2.53. The molecule has 5 nitrogen and oxygen atoms in total. The molecule has 7 heteroatoms. The Bertz CT molecular complexity index is 369. The fourth-order valence-electron chi connectivity index (χ4n) is 1.18. The molecular weight excluding hydrogens is 256 g/mol. The van der Waals surface area contributed by atoms with Gasteiger partial charge in [0.05, 0.1) is 0 Å². The van der Waals surface area contributed by atoms with Gasteiger partial charge in [-0.2, -0.15) is 11.8 Å². The molecule has 1 atom stereocenters. The van der Waals surface area contributed by atoms with Gasteiger partial charge in [0, 0.05) is 18.8 Å². The summed E-state index contributed by atoms with van der Waals surface area (Å²) in [6.07, 6.45) is 2.87. The molecular formula is C10H18N4OS2. The minimum absolute atomic E-state index is 0.134. The molecule has 0 aliphatic rings. The van der Waals surface area contributed by atoms with Gasteiger partial charge in [0.2, 0.25) is 5.13 Å². The van der Waals surface area contributed by atoms with Crippen molar-refractivity contribution in [2.24, 2.45) is 0 Å². The Labute approximate surface area is 110 Å². The van der Waals surface area contributed by atoms with Gasteiger partial charge in [0.1, 0.15) is 5.01 Å². The van der Waals surface area contributed by atoms with E-state index in [2.05, 4.69) is 15.5 Å². The molecule has 0 aromatic carbocycles. The third kappa shape index (κ3) is 4.16. The van der Waals surface area contributed by atoms with Crippen molar-refractivity contribution in [1.29, 1.82) is 0 Å². The number of amides is 2. The lowest BCUT2D eigenvalue weighted by Gasteiger charge is -2.23. The summed E-state index contributed by atoms with van der Waals surface area (Å²) in [5, 5.41) is 12.1. The lowest BCUT2D eigenvalue weighted by Crippen LogP contribution is -2.39. The number of hydrogen-bond acceptors (Lipinski definition) is 5. The van der Waals surface area contributed by atoms with E-state index in [0.29, 0.717) is 5.13 Å². The van der Waals surface area contributed by atoms with Gasteiger partial charge in [0.25, 0.3) is 0 Å². The number of nitrogens with one attached hydrogen (secondary N) is 1. The standard InChI is InChI=1S/C10H18N4OS2/c1-5-8-12-13-9(17-8)11-10(15)14(3)7(2)6-16-4/h7H,5-6H2,1-4H3,(H,11,13,15)/t7-/m1/s1. The molecule has 1 heterocycles. The van der Waals surface area contributed by atoms with E-state index in [4.69, 9.17) is 0 Å². The van der Waals surface area contributed by atoms with Crippen molar-refractivity contribution < 1.29 is 4.79 Å². The highest BCUT2D eigenvalue weighted by molar-refractivity contribution is 7.98. The zero-order valence-corrected chi connectivity index (χ0v) is 12.2. The zero-order chi connectivity index (χ0) is 12.8. The van der Waals surface area contributed by atoms with E-state index < -0.39 is 0 Å². The van der Waals surface area contributed by atoms with E-state index in [0.717, 1.165) is 17.2 Å². The van der Waals surface area contributed by atoms with Gasteiger partial charge in [-0.3, -0.25) is 5.32 Å². The van der Waals surface area contributed by atoms with Crippen LogP contribution in [0.1, 0.15) is 18.9 Å². The number of rotatable bonds is 5. The van der Waals surface area contributed by atoms with Crippen LogP contribution in [-0.4, -0.2) is 46.2 Å². The summed E-state index contributed by atoms with van der Waals surface area (Å²) < 4.78 is 0. The van der Waals surface area contributed by atoms with Gasteiger partial charge in [-0.05, 0) is 19.6 Å². The molecule has 0 spiro atoms. The third-order valence-electron chi connectivity index (χ3n) is 2.37. The molecule has 1 N–H and O–H groups in total. The average molecular weight is 274 g/mol. The van der Waals surface area contributed by atoms with E-state index in [1.165, 1.54) is 11.3 Å². The Morgan fingerprint density at radius 3 is 2.82 bits per heavy atom. The van der Waals surface area contributed by atoms with Crippen LogP contribution < -0.4 is 5.32 Å². The van der Waals surface area contributed by atoms with Crippen LogP contribution >= 0.6 is 23.1 Å². The summed E-state index contributed by atoms with van der Waals surface area (Å²) in [5.41, 5.74) is 0. The number of carbonyl (C=O) groups excluding carboxylic acids is 1. The van der Waals surface area contributed by atoms with Gasteiger partial charge < -0.3 is 4.90 Å². The first-order valence-electron chi connectivity index (χ1n) is 5.43. The Morgan fingerprint density at radius 1 is 1.59 bits per heavy atom. The van der Waals surface area contributed by atoms with Crippen LogP contribution in [0.3, 0.4) is 0 Å². The van der Waals surface area contributed by atoms with Crippen LogP contribution in [0.2, 0.25) is 0 Å². The summed E-state index contributed by atoms with van der Waals surface area (Å²) in [6, 6.07) is 0.0638. The molecule has 0 fully saturated rings. The second-order valence-corrected chi connectivity index (χ2v) is 5.67. The first kappa shape index (κ1) is 14.2. The topological polar surface area (TPSA) is 58.1 Å². The van der Waals surface area contributed by atoms with E-state index in [-0.39, 0.29) is 12.1 Å². The second-order valence-electron chi connectivity index (χ2n) is 3.70. The molecule has 0 bridgehead atoms. The predicted molar refractivity (Wildman–Crippen MR) is 73.9 cm³/mol. The number of carbonyl (C=O) groups is 1. The van der Waals surface area contributed by atoms with Gasteiger partial charge in [-0.25, -0.2) is 4.79 Å². The molecule has 0 saturated heterocycles. The third-order valence-corrected chi connectivity index (χ3v) is 4.17. The Morgan fingerprint density at radius 2 is 2.29 bits per heavy atom. The van der Waals surface area contributed by atoms with Gasteiger partial charge in [0.15, 0.2) is 0 Å². The molecule has 0 aliphatic carbocycles. The van der Waals surface area contributed by atoms with E-state index >= 15 is 0 Å². The number of anilines is 1. The van der Waals surface area contributed by atoms with Crippen molar-refractivity contribution in [1.82, 2.24) is 15.1 Å². The molecule has 0 radical (unpaired) electrons. The number of urea groups is 1. The molecule has 1 aromatic heterocycles. The van der Waals surface area contributed by atoms with E-state index in [1.54, 1.807) is 23.7 Å². The maximum absolute atomic E-state index is 11.9. The minimum atomic E-state index is -0.134.